The molecule has 0 aromatic carbocycles. The van der Waals surface area contributed by atoms with Crippen molar-refractivity contribution in [1.29, 1.82) is 0 Å². The molecule has 1 fully saturated rings. The van der Waals surface area contributed by atoms with Gasteiger partial charge in [-0.1, -0.05) is 0 Å². The number of hydrogen-bond acceptors (Lipinski definition) is 3. The molecule has 1 aromatic rings. The highest BCUT2D eigenvalue weighted by Gasteiger charge is 2.27. The summed E-state index contributed by atoms with van der Waals surface area (Å²) in [6.07, 6.45) is 5.20. The predicted octanol–water partition coefficient (Wildman–Crippen LogP) is 2.09. The van der Waals surface area contributed by atoms with Gasteiger partial charge in [-0.3, -0.25) is 0 Å². The molecule has 2 atom stereocenters. The molecular weight excluding hydrogens is 181 g/mol. The van der Waals surface area contributed by atoms with Crippen molar-refractivity contribution in [3.8, 4) is 0 Å². The van der Waals surface area contributed by atoms with Crippen LogP contribution in [0.5, 0.6) is 0 Å². The average molecular weight is 195 g/mol. The lowest BCUT2D eigenvalue weighted by Crippen LogP contribution is -2.25. The third kappa shape index (κ3) is 2.00. The third-order valence-electron chi connectivity index (χ3n) is 2.53. The molecule has 0 unspecified atom stereocenters. The Morgan fingerprint density at radius 3 is 2.64 bits per heavy atom. The van der Waals surface area contributed by atoms with Gasteiger partial charge in [-0.2, -0.15) is 0 Å². The highest BCUT2D eigenvalue weighted by molar-refractivity contribution is 5.27. The molecule has 76 valence electrons. The van der Waals surface area contributed by atoms with E-state index in [1.807, 2.05) is 6.92 Å². The number of halogens is 1. The molecule has 0 bridgehead atoms. The summed E-state index contributed by atoms with van der Waals surface area (Å²) >= 11 is 0. The van der Waals surface area contributed by atoms with Crippen molar-refractivity contribution in [1.82, 2.24) is 9.97 Å². The number of alkyl halides is 1. The Morgan fingerprint density at radius 2 is 2.07 bits per heavy atom. The van der Waals surface area contributed by atoms with Crippen LogP contribution in [0.1, 0.15) is 24.8 Å². The first-order valence-corrected chi connectivity index (χ1v) is 4.95. The lowest BCUT2D eigenvalue weighted by atomic mass is 10.2. The lowest BCUT2D eigenvalue weighted by Gasteiger charge is -2.14. The van der Waals surface area contributed by atoms with Gasteiger partial charge in [-0.05, 0) is 31.7 Å². The van der Waals surface area contributed by atoms with E-state index in [2.05, 4.69) is 15.3 Å². The van der Waals surface area contributed by atoms with E-state index in [-0.39, 0.29) is 6.04 Å². The van der Waals surface area contributed by atoms with E-state index >= 15 is 0 Å². The van der Waals surface area contributed by atoms with Crippen LogP contribution in [-0.4, -0.2) is 22.2 Å². The first kappa shape index (κ1) is 9.37. The summed E-state index contributed by atoms with van der Waals surface area (Å²) in [6.45, 7) is 1.93. The number of nitrogens with one attached hydrogen (secondary N) is 1. The minimum atomic E-state index is -0.750. The SMILES string of the molecule is Cc1cnc(N[C@@H]2CCC[C@@H]2F)nc1. The zero-order valence-corrected chi connectivity index (χ0v) is 8.20. The maximum Gasteiger partial charge on any atom is 0.222 e. The molecule has 2 rings (SSSR count). The van der Waals surface area contributed by atoms with Crippen LogP contribution in [0.4, 0.5) is 10.3 Å². The summed E-state index contributed by atoms with van der Waals surface area (Å²) in [7, 11) is 0. The maximum atomic E-state index is 13.2. The van der Waals surface area contributed by atoms with Gasteiger partial charge in [0.25, 0.3) is 0 Å². The molecule has 0 amide bonds. The molecule has 1 saturated carbocycles. The molecule has 1 N–H and O–H groups in total. The Morgan fingerprint density at radius 1 is 1.36 bits per heavy atom. The van der Waals surface area contributed by atoms with E-state index in [1.165, 1.54) is 0 Å². The lowest BCUT2D eigenvalue weighted by molar-refractivity contribution is 0.323. The van der Waals surface area contributed by atoms with Crippen LogP contribution < -0.4 is 5.32 Å². The van der Waals surface area contributed by atoms with Gasteiger partial charge in [0.05, 0.1) is 6.04 Å². The monoisotopic (exact) mass is 195 g/mol. The Hall–Kier alpha value is -1.19. The van der Waals surface area contributed by atoms with E-state index in [0.717, 1.165) is 18.4 Å². The van der Waals surface area contributed by atoms with Gasteiger partial charge >= 0.3 is 0 Å². The summed E-state index contributed by atoms with van der Waals surface area (Å²) in [6, 6.07) is -0.0993. The Kier molecular flexibility index (Phi) is 2.61. The van der Waals surface area contributed by atoms with Gasteiger partial charge in [0.15, 0.2) is 0 Å². The van der Waals surface area contributed by atoms with Crippen LogP contribution in [0.15, 0.2) is 12.4 Å². The molecule has 0 aliphatic heterocycles. The van der Waals surface area contributed by atoms with Crippen molar-refractivity contribution in [2.75, 3.05) is 5.32 Å². The zero-order valence-electron chi connectivity index (χ0n) is 8.20. The van der Waals surface area contributed by atoms with Gasteiger partial charge in [0.1, 0.15) is 6.17 Å². The molecule has 1 aliphatic carbocycles. The molecule has 3 nitrogen and oxygen atoms in total. The van der Waals surface area contributed by atoms with Gasteiger partial charge < -0.3 is 5.32 Å². The van der Waals surface area contributed by atoms with Crippen LogP contribution in [0.2, 0.25) is 0 Å². The van der Waals surface area contributed by atoms with Crippen molar-refractivity contribution >= 4 is 5.95 Å². The van der Waals surface area contributed by atoms with Crippen molar-refractivity contribution in [2.45, 2.75) is 38.4 Å². The number of aromatic nitrogens is 2. The quantitative estimate of drug-likeness (QED) is 0.785. The first-order valence-electron chi connectivity index (χ1n) is 4.95. The predicted molar refractivity (Wildman–Crippen MR) is 52.9 cm³/mol. The minimum absolute atomic E-state index is 0.0993. The topological polar surface area (TPSA) is 37.8 Å². The molecule has 0 radical (unpaired) electrons. The Bertz CT molecular complexity index is 299. The summed E-state index contributed by atoms with van der Waals surface area (Å²) in [5.74, 6) is 0.533. The second-order valence-corrected chi connectivity index (χ2v) is 3.78. The van der Waals surface area contributed by atoms with Crippen LogP contribution in [0.3, 0.4) is 0 Å². The van der Waals surface area contributed by atoms with E-state index < -0.39 is 6.17 Å². The van der Waals surface area contributed by atoms with Crippen LogP contribution >= 0.6 is 0 Å². The summed E-state index contributed by atoms with van der Waals surface area (Å²) in [4.78, 5) is 8.17. The standard InChI is InChI=1S/C10H14FN3/c1-7-5-12-10(13-6-7)14-9-4-2-3-8(9)11/h5-6,8-9H,2-4H2,1H3,(H,12,13,14)/t8-,9+/m0/s1. The summed E-state index contributed by atoms with van der Waals surface area (Å²) < 4.78 is 13.2. The number of rotatable bonds is 2. The van der Waals surface area contributed by atoms with Gasteiger partial charge in [-0.25, -0.2) is 14.4 Å². The average Bonchev–Trinajstić information content (AvgIpc) is 2.56. The molecule has 1 aromatic heterocycles. The number of anilines is 1. The zero-order chi connectivity index (χ0) is 9.97. The van der Waals surface area contributed by atoms with Crippen LogP contribution in [0, 0.1) is 6.92 Å². The molecular formula is C10H14FN3. The summed E-state index contributed by atoms with van der Waals surface area (Å²) in [5.41, 5.74) is 1.01. The fourth-order valence-electron chi connectivity index (χ4n) is 1.71. The van der Waals surface area contributed by atoms with Crippen molar-refractivity contribution in [3.05, 3.63) is 18.0 Å². The molecule has 1 aliphatic rings. The minimum Gasteiger partial charge on any atom is -0.349 e. The van der Waals surface area contributed by atoms with E-state index in [4.69, 9.17) is 0 Å². The highest BCUT2D eigenvalue weighted by Crippen LogP contribution is 2.24. The Balaban J connectivity index is 2.00. The molecule has 0 saturated heterocycles. The highest BCUT2D eigenvalue weighted by atomic mass is 19.1. The number of aryl methyl sites for hydroxylation is 1. The van der Waals surface area contributed by atoms with Crippen LogP contribution in [0.25, 0.3) is 0 Å². The fourth-order valence-corrected chi connectivity index (χ4v) is 1.71. The first-order chi connectivity index (χ1) is 6.75. The van der Waals surface area contributed by atoms with Gasteiger partial charge in [0.2, 0.25) is 5.95 Å². The molecule has 0 spiro atoms. The van der Waals surface area contributed by atoms with Crippen molar-refractivity contribution < 1.29 is 4.39 Å². The largest absolute Gasteiger partial charge is 0.349 e. The van der Waals surface area contributed by atoms with Crippen molar-refractivity contribution in [2.24, 2.45) is 0 Å². The smallest absolute Gasteiger partial charge is 0.222 e. The van der Waals surface area contributed by atoms with E-state index in [1.54, 1.807) is 12.4 Å². The van der Waals surface area contributed by atoms with E-state index in [9.17, 15) is 4.39 Å². The molecule has 4 heteroatoms. The number of hydrogen-bond donors (Lipinski definition) is 1. The number of nitrogens with zero attached hydrogens (tertiary/aromatic N) is 2. The molecule has 1 heterocycles. The second-order valence-electron chi connectivity index (χ2n) is 3.78. The summed E-state index contributed by atoms with van der Waals surface area (Å²) in [5, 5.41) is 3.02. The Labute approximate surface area is 82.8 Å². The van der Waals surface area contributed by atoms with Crippen LogP contribution in [-0.2, 0) is 0 Å². The molecule has 14 heavy (non-hydrogen) atoms. The second kappa shape index (κ2) is 3.90. The van der Waals surface area contributed by atoms with Gasteiger partial charge in [0, 0.05) is 12.4 Å². The third-order valence-corrected chi connectivity index (χ3v) is 2.53. The van der Waals surface area contributed by atoms with E-state index in [0.29, 0.717) is 12.4 Å². The van der Waals surface area contributed by atoms with Gasteiger partial charge in [-0.15, -0.1) is 0 Å². The fraction of sp³-hybridized carbons (Fsp3) is 0.600. The van der Waals surface area contributed by atoms with Crippen molar-refractivity contribution in [3.63, 3.8) is 0 Å². The normalized spacial score (nSPS) is 26.4. The maximum absolute atomic E-state index is 13.2.